The van der Waals surface area contributed by atoms with Crippen LogP contribution in [0.4, 0.5) is 0 Å². The van der Waals surface area contributed by atoms with E-state index in [1.165, 1.54) is 30.5 Å². The summed E-state index contributed by atoms with van der Waals surface area (Å²) < 4.78 is 0. The van der Waals surface area contributed by atoms with Gasteiger partial charge >= 0.3 is 0 Å². The van der Waals surface area contributed by atoms with Gasteiger partial charge in [-0.2, -0.15) is 0 Å². The van der Waals surface area contributed by atoms with Gasteiger partial charge in [0, 0.05) is 11.4 Å². The van der Waals surface area contributed by atoms with Gasteiger partial charge in [-0.3, -0.25) is 4.98 Å². The van der Waals surface area contributed by atoms with E-state index in [0.29, 0.717) is 0 Å². The van der Waals surface area contributed by atoms with Crippen LogP contribution in [0.15, 0.2) is 12.1 Å². The third-order valence-corrected chi connectivity index (χ3v) is 2.61. The zero-order chi connectivity index (χ0) is 10.4. The second-order valence-electron chi connectivity index (χ2n) is 3.87. The van der Waals surface area contributed by atoms with Gasteiger partial charge in [0.05, 0.1) is 0 Å². The van der Waals surface area contributed by atoms with Crippen LogP contribution in [-0.2, 0) is 12.8 Å². The third-order valence-electron chi connectivity index (χ3n) is 2.61. The van der Waals surface area contributed by atoms with Crippen molar-refractivity contribution in [1.82, 2.24) is 4.98 Å². The molecule has 0 aromatic carbocycles. The predicted octanol–water partition coefficient (Wildman–Crippen LogP) is 3.69. The van der Waals surface area contributed by atoms with Gasteiger partial charge in [-0.1, -0.05) is 32.8 Å². The van der Waals surface area contributed by atoms with E-state index in [9.17, 15) is 0 Å². The summed E-state index contributed by atoms with van der Waals surface area (Å²) in [6, 6.07) is 4.34. The van der Waals surface area contributed by atoms with Gasteiger partial charge in [-0.15, -0.1) is 0 Å². The highest BCUT2D eigenvalue weighted by atomic mass is 14.7. The van der Waals surface area contributed by atoms with Crippen molar-refractivity contribution < 1.29 is 0 Å². The summed E-state index contributed by atoms with van der Waals surface area (Å²) in [4.78, 5) is 4.62. The van der Waals surface area contributed by atoms with Crippen molar-refractivity contribution >= 4 is 0 Å². The van der Waals surface area contributed by atoms with Crippen LogP contribution in [0, 0.1) is 6.92 Å². The molecule has 0 amide bonds. The van der Waals surface area contributed by atoms with Crippen molar-refractivity contribution in [3.05, 3.63) is 29.1 Å². The highest BCUT2D eigenvalue weighted by Gasteiger charge is 2.02. The van der Waals surface area contributed by atoms with Crippen molar-refractivity contribution in [2.24, 2.45) is 0 Å². The average molecular weight is 191 g/mol. The fourth-order valence-corrected chi connectivity index (χ4v) is 1.72. The van der Waals surface area contributed by atoms with Gasteiger partial charge in [0.2, 0.25) is 0 Å². The van der Waals surface area contributed by atoms with Crippen molar-refractivity contribution in [2.75, 3.05) is 0 Å². The van der Waals surface area contributed by atoms with Crippen molar-refractivity contribution in [3.63, 3.8) is 0 Å². The van der Waals surface area contributed by atoms with E-state index in [1.807, 2.05) is 0 Å². The van der Waals surface area contributed by atoms with E-state index >= 15 is 0 Å². The molecule has 0 spiro atoms. The maximum Gasteiger partial charge on any atom is 0.0438 e. The molecule has 0 atom stereocenters. The molecule has 1 heteroatoms. The summed E-state index contributed by atoms with van der Waals surface area (Å²) in [6.45, 7) is 6.52. The first-order chi connectivity index (χ1) is 6.77. The summed E-state index contributed by atoms with van der Waals surface area (Å²) in [5.74, 6) is 0. The Kier molecular flexibility index (Phi) is 4.64. The average Bonchev–Trinajstić information content (AvgIpc) is 2.19. The van der Waals surface area contributed by atoms with E-state index in [1.54, 1.807) is 0 Å². The Bertz CT molecular complexity index is 279. The number of aryl methyl sites for hydroxylation is 3. The van der Waals surface area contributed by atoms with E-state index in [-0.39, 0.29) is 0 Å². The number of pyridine rings is 1. The van der Waals surface area contributed by atoms with Crippen LogP contribution in [0.25, 0.3) is 0 Å². The molecule has 1 rings (SSSR count). The highest BCUT2D eigenvalue weighted by molar-refractivity contribution is 5.22. The van der Waals surface area contributed by atoms with E-state index in [2.05, 4.69) is 37.9 Å². The van der Waals surface area contributed by atoms with Gasteiger partial charge in [-0.05, 0) is 37.8 Å². The first-order valence-electron chi connectivity index (χ1n) is 5.73. The number of aromatic nitrogens is 1. The molecule has 78 valence electrons. The molecular formula is C13H21N. The first kappa shape index (κ1) is 11.2. The summed E-state index contributed by atoms with van der Waals surface area (Å²) in [7, 11) is 0. The molecule has 0 saturated carbocycles. The second-order valence-corrected chi connectivity index (χ2v) is 3.87. The minimum absolute atomic E-state index is 1.11. The Balaban J connectivity index is 2.67. The highest BCUT2D eigenvalue weighted by Crippen LogP contribution is 2.12. The van der Waals surface area contributed by atoms with Gasteiger partial charge in [0.15, 0.2) is 0 Å². The number of hydrogen-bond donors (Lipinski definition) is 0. The number of rotatable bonds is 5. The Morgan fingerprint density at radius 1 is 1.14 bits per heavy atom. The Labute approximate surface area is 87.6 Å². The number of unbranched alkanes of at least 4 members (excludes halogenated alkanes) is 2. The van der Waals surface area contributed by atoms with Crippen molar-refractivity contribution in [2.45, 2.75) is 52.9 Å². The molecule has 0 aliphatic carbocycles. The van der Waals surface area contributed by atoms with Crippen LogP contribution in [0.5, 0.6) is 0 Å². The zero-order valence-corrected chi connectivity index (χ0v) is 9.64. The normalized spacial score (nSPS) is 10.5. The van der Waals surface area contributed by atoms with Gasteiger partial charge in [0.1, 0.15) is 0 Å². The van der Waals surface area contributed by atoms with E-state index in [4.69, 9.17) is 0 Å². The van der Waals surface area contributed by atoms with Crippen molar-refractivity contribution in [1.29, 1.82) is 0 Å². The molecule has 1 aromatic heterocycles. The molecule has 0 unspecified atom stereocenters. The topological polar surface area (TPSA) is 12.9 Å². The fourth-order valence-electron chi connectivity index (χ4n) is 1.72. The smallest absolute Gasteiger partial charge is 0.0438 e. The molecule has 0 bridgehead atoms. The van der Waals surface area contributed by atoms with Gasteiger partial charge in [0.25, 0.3) is 0 Å². The van der Waals surface area contributed by atoms with Crippen molar-refractivity contribution in [3.8, 4) is 0 Å². The monoisotopic (exact) mass is 191 g/mol. The van der Waals surface area contributed by atoms with Gasteiger partial charge in [-0.25, -0.2) is 0 Å². The molecule has 1 aromatic rings. The summed E-state index contributed by atoms with van der Waals surface area (Å²) >= 11 is 0. The maximum absolute atomic E-state index is 4.62. The predicted molar refractivity (Wildman–Crippen MR) is 61.6 cm³/mol. The fraction of sp³-hybridized carbons (Fsp3) is 0.615. The number of nitrogens with zero attached hydrogens (tertiary/aromatic N) is 1. The molecule has 0 radical (unpaired) electrons. The molecule has 0 aliphatic heterocycles. The minimum atomic E-state index is 1.11. The maximum atomic E-state index is 4.62. The second kappa shape index (κ2) is 5.79. The molecule has 0 saturated heterocycles. The third kappa shape index (κ3) is 3.13. The Morgan fingerprint density at radius 2 is 1.93 bits per heavy atom. The lowest BCUT2D eigenvalue weighted by Crippen LogP contribution is -1.98. The van der Waals surface area contributed by atoms with E-state index < -0.39 is 0 Å². The lowest BCUT2D eigenvalue weighted by atomic mass is 10.0. The molecule has 1 nitrogen and oxygen atoms in total. The van der Waals surface area contributed by atoms with Crippen LogP contribution in [0.2, 0.25) is 0 Å². The van der Waals surface area contributed by atoms with Crippen LogP contribution in [0.3, 0.4) is 0 Å². The quantitative estimate of drug-likeness (QED) is 0.647. The summed E-state index contributed by atoms with van der Waals surface area (Å²) in [6.07, 6.45) is 6.14. The first-order valence-corrected chi connectivity index (χ1v) is 5.73. The zero-order valence-electron chi connectivity index (χ0n) is 9.64. The molecule has 0 aliphatic rings. The SMILES string of the molecule is CCCCCc1nc(C)ccc1CC. The van der Waals surface area contributed by atoms with Crippen LogP contribution in [-0.4, -0.2) is 4.98 Å². The Hall–Kier alpha value is -0.850. The van der Waals surface area contributed by atoms with E-state index in [0.717, 1.165) is 18.5 Å². The lowest BCUT2D eigenvalue weighted by Gasteiger charge is -2.07. The van der Waals surface area contributed by atoms with Crippen LogP contribution in [0.1, 0.15) is 50.1 Å². The molecule has 1 heterocycles. The minimum Gasteiger partial charge on any atom is -0.258 e. The molecule has 14 heavy (non-hydrogen) atoms. The van der Waals surface area contributed by atoms with Crippen LogP contribution >= 0.6 is 0 Å². The summed E-state index contributed by atoms with van der Waals surface area (Å²) in [5, 5.41) is 0. The molecule has 0 fully saturated rings. The summed E-state index contributed by atoms with van der Waals surface area (Å²) in [5.41, 5.74) is 3.89. The van der Waals surface area contributed by atoms with Gasteiger partial charge < -0.3 is 0 Å². The molecular weight excluding hydrogens is 170 g/mol. The Morgan fingerprint density at radius 3 is 2.57 bits per heavy atom. The van der Waals surface area contributed by atoms with Crippen LogP contribution < -0.4 is 0 Å². The largest absolute Gasteiger partial charge is 0.258 e. The standard InChI is InChI=1S/C13H21N/c1-4-6-7-8-13-12(5-2)10-9-11(3)14-13/h9-10H,4-8H2,1-3H3. The molecule has 0 N–H and O–H groups in total. The number of hydrogen-bond acceptors (Lipinski definition) is 1. The lowest BCUT2D eigenvalue weighted by molar-refractivity contribution is 0.700.